The summed E-state index contributed by atoms with van der Waals surface area (Å²) in [4.78, 5) is 0. The molecule has 0 amide bonds. The summed E-state index contributed by atoms with van der Waals surface area (Å²) in [5.41, 5.74) is 7.11. The topological polar surface area (TPSA) is 43.8 Å². The molecule has 1 aliphatic carbocycles. The zero-order chi connectivity index (χ0) is 11.1. The van der Waals surface area contributed by atoms with Gasteiger partial charge >= 0.3 is 0 Å². The number of alkyl halides is 2. The molecule has 0 aromatic carbocycles. The van der Waals surface area contributed by atoms with Crippen LogP contribution in [-0.4, -0.2) is 15.7 Å². The Morgan fingerprint density at radius 3 is 2.93 bits per heavy atom. The Morgan fingerprint density at radius 1 is 1.53 bits per heavy atom. The summed E-state index contributed by atoms with van der Waals surface area (Å²) < 4.78 is 28.0. The maximum atomic E-state index is 13.2. The average Bonchev–Trinajstić information content (AvgIpc) is 2.44. The molecular formula is C10H15F2N3. The lowest BCUT2D eigenvalue weighted by molar-refractivity contribution is -0.0123. The Morgan fingerprint density at radius 2 is 2.27 bits per heavy atom. The van der Waals surface area contributed by atoms with E-state index >= 15 is 0 Å². The summed E-state index contributed by atoms with van der Waals surface area (Å²) in [6.07, 6.45) is 0.880. The summed E-state index contributed by atoms with van der Waals surface area (Å²) in [5.74, 6) is -2.19. The molecule has 0 radical (unpaired) electrons. The Labute approximate surface area is 87.3 Å². The summed E-state index contributed by atoms with van der Waals surface area (Å²) >= 11 is 0. The second-order valence-electron chi connectivity index (χ2n) is 4.07. The van der Waals surface area contributed by atoms with E-state index in [0.29, 0.717) is 24.3 Å². The second-order valence-corrected chi connectivity index (χ2v) is 4.07. The number of anilines is 1. The summed E-state index contributed by atoms with van der Waals surface area (Å²) in [5, 5.41) is 4.26. The minimum atomic E-state index is -2.61. The lowest BCUT2D eigenvalue weighted by Crippen LogP contribution is -2.25. The van der Waals surface area contributed by atoms with E-state index in [-0.39, 0.29) is 12.8 Å². The van der Waals surface area contributed by atoms with Crippen LogP contribution in [0.5, 0.6) is 0 Å². The first-order chi connectivity index (χ1) is 7.03. The van der Waals surface area contributed by atoms with Crippen molar-refractivity contribution >= 4 is 5.82 Å². The third-order valence-electron chi connectivity index (χ3n) is 2.78. The first-order valence-corrected chi connectivity index (χ1v) is 5.25. The quantitative estimate of drug-likeness (QED) is 0.820. The van der Waals surface area contributed by atoms with Crippen molar-refractivity contribution < 1.29 is 8.78 Å². The third kappa shape index (κ3) is 1.82. The van der Waals surface area contributed by atoms with Gasteiger partial charge in [-0.1, -0.05) is 6.92 Å². The Bertz CT molecular complexity index is 371. The van der Waals surface area contributed by atoms with Crippen molar-refractivity contribution in [2.24, 2.45) is 0 Å². The molecule has 0 spiro atoms. The highest BCUT2D eigenvalue weighted by Gasteiger charge is 2.37. The number of hydrogen-bond acceptors (Lipinski definition) is 2. The molecular weight excluding hydrogens is 200 g/mol. The van der Waals surface area contributed by atoms with E-state index in [1.807, 2.05) is 6.92 Å². The van der Waals surface area contributed by atoms with Crippen LogP contribution in [0.15, 0.2) is 0 Å². The van der Waals surface area contributed by atoms with Gasteiger partial charge in [0, 0.05) is 24.9 Å². The lowest BCUT2D eigenvalue weighted by atomic mass is 9.94. The summed E-state index contributed by atoms with van der Waals surface area (Å²) in [7, 11) is 0. The van der Waals surface area contributed by atoms with Gasteiger partial charge in [0.1, 0.15) is 5.82 Å². The van der Waals surface area contributed by atoms with E-state index in [9.17, 15) is 8.78 Å². The van der Waals surface area contributed by atoms with Gasteiger partial charge in [-0.25, -0.2) is 13.5 Å². The maximum Gasteiger partial charge on any atom is 0.252 e. The van der Waals surface area contributed by atoms with Crippen LogP contribution in [0.4, 0.5) is 14.6 Å². The minimum Gasteiger partial charge on any atom is -0.384 e. The van der Waals surface area contributed by atoms with Crippen LogP contribution in [0.25, 0.3) is 0 Å². The fraction of sp³-hybridized carbons (Fsp3) is 0.700. The van der Waals surface area contributed by atoms with E-state index in [0.717, 1.165) is 12.1 Å². The minimum absolute atomic E-state index is 0.109. The van der Waals surface area contributed by atoms with Crippen molar-refractivity contribution in [3.05, 3.63) is 11.3 Å². The fourth-order valence-corrected chi connectivity index (χ4v) is 1.99. The van der Waals surface area contributed by atoms with Gasteiger partial charge < -0.3 is 5.73 Å². The smallest absolute Gasteiger partial charge is 0.252 e. The van der Waals surface area contributed by atoms with Gasteiger partial charge in [0.2, 0.25) is 0 Å². The fourth-order valence-electron chi connectivity index (χ4n) is 1.99. The molecule has 1 aromatic heterocycles. The van der Waals surface area contributed by atoms with E-state index in [4.69, 9.17) is 5.73 Å². The van der Waals surface area contributed by atoms with Crippen LogP contribution in [0.3, 0.4) is 0 Å². The van der Waals surface area contributed by atoms with Crippen LogP contribution in [-0.2, 0) is 19.4 Å². The Hall–Kier alpha value is -1.13. The van der Waals surface area contributed by atoms with Crippen molar-refractivity contribution in [2.75, 3.05) is 5.73 Å². The van der Waals surface area contributed by atoms with Crippen molar-refractivity contribution in [2.45, 2.75) is 45.1 Å². The molecule has 0 saturated carbocycles. The maximum absolute atomic E-state index is 13.2. The molecule has 0 bridgehead atoms. The molecule has 0 saturated heterocycles. The van der Waals surface area contributed by atoms with Gasteiger partial charge in [-0.3, -0.25) is 0 Å². The molecule has 1 heterocycles. The molecule has 0 atom stereocenters. The second kappa shape index (κ2) is 3.47. The number of nitrogens with two attached hydrogens (primary N) is 1. The van der Waals surface area contributed by atoms with E-state index < -0.39 is 5.92 Å². The number of hydrogen-bond donors (Lipinski definition) is 1. The molecule has 2 N–H and O–H groups in total. The first kappa shape index (κ1) is 10.4. The van der Waals surface area contributed by atoms with Gasteiger partial charge in [-0.05, 0) is 12.8 Å². The Kier molecular flexibility index (Phi) is 2.40. The highest BCUT2D eigenvalue weighted by molar-refractivity contribution is 5.45. The molecule has 0 fully saturated rings. The van der Waals surface area contributed by atoms with Crippen LogP contribution < -0.4 is 5.73 Å². The number of rotatable bonds is 2. The number of halogens is 2. The van der Waals surface area contributed by atoms with Gasteiger partial charge in [-0.15, -0.1) is 0 Å². The predicted molar refractivity (Wildman–Crippen MR) is 53.9 cm³/mol. The number of aromatic nitrogens is 2. The monoisotopic (exact) mass is 215 g/mol. The van der Waals surface area contributed by atoms with Crippen molar-refractivity contribution in [3.63, 3.8) is 0 Å². The zero-order valence-corrected chi connectivity index (χ0v) is 8.76. The van der Waals surface area contributed by atoms with Crippen LogP contribution >= 0.6 is 0 Å². The van der Waals surface area contributed by atoms with E-state index in [1.165, 1.54) is 0 Å². The highest BCUT2D eigenvalue weighted by atomic mass is 19.3. The first-order valence-electron chi connectivity index (χ1n) is 5.25. The molecule has 1 aromatic rings. The van der Waals surface area contributed by atoms with Crippen LogP contribution in [0.2, 0.25) is 0 Å². The molecule has 2 rings (SSSR count). The van der Waals surface area contributed by atoms with Gasteiger partial charge in [0.25, 0.3) is 5.92 Å². The SMILES string of the molecule is CCCn1nc2c(c1N)CC(F)(F)CC2. The molecule has 0 unspecified atom stereocenters. The Balaban J connectivity index is 2.34. The number of aryl methyl sites for hydroxylation is 2. The van der Waals surface area contributed by atoms with Crippen LogP contribution in [0, 0.1) is 0 Å². The van der Waals surface area contributed by atoms with Gasteiger partial charge in [-0.2, -0.15) is 5.10 Å². The molecule has 0 aliphatic heterocycles. The summed E-state index contributed by atoms with van der Waals surface area (Å²) in [6, 6.07) is 0. The van der Waals surface area contributed by atoms with Crippen LogP contribution in [0.1, 0.15) is 31.0 Å². The van der Waals surface area contributed by atoms with Gasteiger partial charge in [0.05, 0.1) is 5.69 Å². The number of fused-ring (bicyclic) bond motifs is 1. The molecule has 3 nitrogen and oxygen atoms in total. The number of nitrogens with zero attached hydrogens (tertiary/aromatic N) is 2. The zero-order valence-electron chi connectivity index (χ0n) is 8.76. The van der Waals surface area contributed by atoms with E-state index in [1.54, 1.807) is 4.68 Å². The molecule has 1 aliphatic rings. The van der Waals surface area contributed by atoms with Crippen molar-refractivity contribution in [1.82, 2.24) is 9.78 Å². The highest BCUT2D eigenvalue weighted by Crippen LogP contribution is 2.35. The normalized spacial score (nSPS) is 18.9. The average molecular weight is 215 g/mol. The third-order valence-corrected chi connectivity index (χ3v) is 2.78. The van der Waals surface area contributed by atoms with Crippen molar-refractivity contribution in [3.8, 4) is 0 Å². The predicted octanol–water partition coefficient (Wildman–Crippen LogP) is 2.00. The van der Waals surface area contributed by atoms with Gasteiger partial charge in [0.15, 0.2) is 0 Å². The molecule has 84 valence electrons. The largest absolute Gasteiger partial charge is 0.384 e. The number of nitrogen functional groups attached to an aromatic ring is 1. The molecule has 5 heteroatoms. The van der Waals surface area contributed by atoms with E-state index in [2.05, 4.69) is 5.10 Å². The van der Waals surface area contributed by atoms with Crippen molar-refractivity contribution in [1.29, 1.82) is 0 Å². The lowest BCUT2D eigenvalue weighted by Gasteiger charge is -2.20. The standard InChI is InChI=1S/C10H15F2N3/c1-2-5-15-9(13)7-6-10(11,12)4-3-8(7)14-15/h2-6,13H2,1H3. The summed E-state index contributed by atoms with van der Waals surface area (Å²) in [6.45, 7) is 2.71. The molecule has 15 heavy (non-hydrogen) atoms.